The van der Waals surface area contributed by atoms with Gasteiger partial charge in [0.1, 0.15) is 10.7 Å². The van der Waals surface area contributed by atoms with Gasteiger partial charge in [-0.05, 0) is 31.2 Å². The molecule has 0 spiro atoms. The Morgan fingerprint density at radius 1 is 1.24 bits per heavy atom. The molecule has 2 aromatic carbocycles. The van der Waals surface area contributed by atoms with Crippen LogP contribution in [0, 0.1) is 12.7 Å². The fourth-order valence-corrected chi connectivity index (χ4v) is 3.62. The van der Waals surface area contributed by atoms with Gasteiger partial charge in [0.05, 0.1) is 6.61 Å². The molecule has 7 heteroatoms. The van der Waals surface area contributed by atoms with Gasteiger partial charge in [0.25, 0.3) is 10.0 Å². The average molecular weight is 374 g/mol. The number of sulfonamides is 1. The van der Waals surface area contributed by atoms with Gasteiger partial charge in [0, 0.05) is 15.7 Å². The topological polar surface area (TPSA) is 66.4 Å². The van der Waals surface area contributed by atoms with Gasteiger partial charge in [-0.1, -0.05) is 33.6 Å². The third-order valence-electron chi connectivity index (χ3n) is 2.84. The van der Waals surface area contributed by atoms with Crippen molar-refractivity contribution in [3.05, 3.63) is 57.8 Å². The van der Waals surface area contributed by atoms with Crippen molar-refractivity contribution in [3.63, 3.8) is 0 Å². The lowest BCUT2D eigenvalue weighted by Gasteiger charge is -2.11. The summed E-state index contributed by atoms with van der Waals surface area (Å²) in [4.78, 5) is -0.512. The molecule has 4 nitrogen and oxygen atoms in total. The summed E-state index contributed by atoms with van der Waals surface area (Å²) in [5.41, 5.74) is 1.23. The van der Waals surface area contributed by atoms with Crippen LogP contribution >= 0.6 is 15.9 Å². The molecule has 21 heavy (non-hydrogen) atoms. The third kappa shape index (κ3) is 3.61. The van der Waals surface area contributed by atoms with Crippen LogP contribution in [-0.2, 0) is 16.6 Å². The van der Waals surface area contributed by atoms with Crippen molar-refractivity contribution in [2.75, 3.05) is 4.72 Å². The van der Waals surface area contributed by atoms with E-state index in [4.69, 9.17) is 5.11 Å². The first-order chi connectivity index (χ1) is 9.83. The zero-order chi connectivity index (χ0) is 15.6. The number of aliphatic hydroxyl groups is 1. The molecule has 112 valence electrons. The van der Waals surface area contributed by atoms with Gasteiger partial charge in [-0.15, -0.1) is 0 Å². The van der Waals surface area contributed by atoms with Crippen molar-refractivity contribution < 1.29 is 17.9 Å². The van der Waals surface area contributed by atoms with Crippen molar-refractivity contribution in [2.45, 2.75) is 18.4 Å². The van der Waals surface area contributed by atoms with Crippen LogP contribution in [0.1, 0.15) is 11.1 Å². The van der Waals surface area contributed by atoms with Crippen LogP contribution < -0.4 is 4.72 Å². The molecular formula is C14H13BrFNO3S. The standard InChI is InChI=1S/C14H13BrFNO3S/c1-9-2-4-12(5-3-9)17-21(19,20)13-7-11(15)6-10(8-18)14(13)16/h2-7,17-18H,8H2,1H3. The van der Waals surface area contributed by atoms with Gasteiger partial charge >= 0.3 is 0 Å². The monoisotopic (exact) mass is 373 g/mol. The fourth-order valence-electron chi connectivity index (χ4n) is 1.76. The number of nitrogens with one attached hydrogen (secondary N) is 1. The lowest BCUT2D eigenvalue weighted by Crippen LogP contribution is -2.15. The second-order valence-electron chi connectivity index (χ2n) is 4.51. The van der Waals surface area contributed by atoms with Crippen LogP contribution in [0.5, 0.6) is 0 Å². The predicted molar refractivity (Wildman–Crippen MR) is 82.0 cm³/mol. The molecule has 0 fully saturated rings. The van der Waals surface area contributed by atoms with Gasteiger partial charge in [-0.25, -0.2) is 12.8 Å². The molecule has 0 aliphatic carbocycles. The minimum absolute atomic E-state index is 0.0892. The molecule has 0 aliphatic rings. The number of halogens is 2. The number of aryl methyl sites for hydroxylation is 1. The maximum absolute atomic E-state index is 14.1. The second-order valence-corrected chi connectivity index (χ2v) is 7.07. The van der Waals surface area contributed by atoms with E-state index in [2.05, 4.69) is 20.7 Å². The molecule has 0 atom stereocenters. The summed E-state index contributed by atoms with van der Waals surface area (Å²) in [6.45, 7) is 1.29. The Kier molecular flexibility index (Phi) is 4.65. The first-order valence-electron chi connectivity index (χ1n) is 6.02. The molecule has 2 rings (SSSR count). The number of rotatable bonds is 4. The van der Waals surface area contributed by atoms with E-state index in [1.165, 1.54) is 6.07 Å². The summed E-state index contributed by atoms with van der Waals surface area (Å²) in [6.07, 6.45) is 0. The van der Waals surface area contributed by atoms with E-state index >= 15 is 0 Å². The van der Waals surface area contributed by atoms with Crippen LogP contribution in [0.2, 0.25) is 0 Å². The molecule has 0 heterocycles. The van der Waals surface area contributed by atoms with Crippen molar-refractivity contribution in [2.24, 2.45) is 0 Å². The lowest BCUT2D eigenvalue weighted by molar-refractivity contribution is 0.274. The number of hydrogen-bond donors (Lipinski definition) is 2. The molecule has 0 bridgehead atoms. The maximum Gasteiger partial charge on any atom is 0.264 e. The van der Waals surface area contributed by atoms with Gasteiger partial charge < -0.3 is 5.11 Å². The number of hydrogen-bond acceptors (Lipinski definition) is 3. The highest BCUT2D eigenvalue weighted by atomic mass is 79.9. The minimum Gasteiger partial charge on any atom is -0.392 e. The van der Waals surface area contributed by atoms with E-state index in [9.17, 15) is 12.8 Å². The summed E-state index contributed by atoms with van der Waals surface area (Å²) in [7, 11) is -4.08. The Labute approximate surface area is 130 Å². The summed E-state index contributed by atoms with van der Waals surface area (Å²) >= 11 is 3.11. The molecule has 2 N–H and O–H groups in total. The minimum atomic E-state index is -4.08. The summed E-state index contributed by atoms with van der Waals surface area (Å²) < 4.78 is 41.3. The molecular weight excluding hydrogens is 361 g/mol. The second kappa shape index (κ2) is 6.13. The van der Waals surface area contributed by atoms with Crippen molar-refractivity contribution >= 4 is 31.6 Å². The van der Waals surface area contributed by atoms with Gasteiger partial charge in [0.15, 0.2) is 0 Å². The van der Waals surface area contributed by atoms with Gasteiger partial charge in [-0.3, -0.25) is 4.72 Å². The number of aliphatic hydroxyl groups excluding tert-OH is 1. The smallest absolute Gasteiger partial charge is 0.264 e. The zero-order valence-electron chi connectivity index (χ0n) is 11.1. The Morgan fingerprint density at radius 2 is 1.86 bits per heavy atom. The van der Waals surface area contributed by atoms with Crippen molar-refractivity contribution in [1.29, 1.82) is 0 Å². The molecule has 0 aromatic heterocycles. The SMILES string of the molecule is Cc1ccc(NS(=O)(=O)c2cc(Br)cc(CO)c2F)cc1. The van der Waals surface area contributed by atoms with E-state index in [-0.39, 0.29) is 5.56 Å². The van der Waals surface area contributed by atoms with Crippen LogP contribution in [0.3, 0.4) is 0 Å². The Balaban J connectivity index is 2.44. The zero-order valence-corrected chi connectivity index (χ0v) is 13.5. The first-order valence-corrected chi connectivity index (χ1v) is 8.29. The van der Waals surface area contributed by atoms with Crippen LogP contribution in [-0.4, -0.2) is 13.5 Å². The summed E-state index contributed by atoms with van der Waals surface area (Å²) in [5.74, 6) is -0.958. The van der Waals surface area contributed by atoms with E-state index in [1.807, 2.05) is 6.92 Å². The predicted octanol–water partition coefficient (Wildman–Crippen LogP) is 3.19. The summed E-state index contributed by atoms with van der Waals surface area (Å²) in [5, 5.41) is 9.08. The van der Waals surface area contributed by atoms with Crippen molar-refractivity contribution in [1.82, 2.24) is 0 Å². The fraction of sp³-hybridized carbons (Fsp3) is 0.143. The van der Waals surface area contributed by atoms with Gasteiger partial charge in [0.2, 0.25) is 0 Å². The molecule has 0 saturated heterocycles. The molecule has 0 saturated carbocycles. The maximum atomic E-state index is 14.1. The summed E-state index contributed by atoms with van der Waals surface area (Å²) in [6, 6.07) is 9.17. The average Bonchev–Trinajstić information content (AvgIpc) is 2.43. The highest BCUT2D eigenvalue weighted by molar-refractivity contribution is 9.10. The van der Waals surface area contributed by atoms with E-state index in [1.54, 1.807) is 24.3 Å². The molecule has 2 aromatic rings. The molecule has 0 aliphatic heterocycles. The van der Waals surface area contributed by atoms with E-state index < -0.39 is 27.3 Å². The molecule has 0 unspecified atom stereocenters. The van der Waals surface area contributed by atoms with Crippen LogP contribution in [0.4, 0.5) is 10.1 Å². The Hall–Kier alpha value is -1.44. The highest BCUT2D eigenvalue weighted by Gasteiger charge is 2.22. The normalized spacial score (nSPS) is 11.4. The number of benzene rings is 2. The molecule has 0 amide bonds. The van der Waals surface area contributed by atoms with Gasteiger partial charge in [-0.2, -0.15) is 0 Å². The Bertz CT molecular complexity index is 761. The lowest BCUT2D eigenvalue weighted by atomic mass is 10.2. The van der Waals surface area contributed by atoms with Crippen molar-refractivity contribution in [3.8, 4) is 0 Å². The largest absolute Gasteiger partial charge is 0.392 e. The highest BCUT2D eigenvalue weighted by Crippen LogP contribution is 2.26. The first kappa shape index (κ1) is 15.9. The Morgan fingerprint density at radius 3 is 2.43 bits per heavy atom. The van der Waals surface area contributed by atoms with Crippen LogP contribution in [0.15, 0.2) is 45.8 Å². The van der Waals surface area contributed by atoms with E-state index in [0.29, 0.717) is 10.2 Å². The number of anilines is 1. The quantitative estimate of drug-likeness (QED) is 0.864. The third-order valence-corrected chi connectivity index (χ3v) is 4.68. The van der Waals surface area contributed by atoms with Crippen LogP contribution in [0.25, 0.3) is 0 Å². The molecule has 0 radical (unpaired) electrons. The van der Waals surface area contributed by atoms with E-state index in [0.717, 1.165) is 11.6 Å².